The second-order valence-corrected chi connectivity index (χ2v) is 13.1. The average molecular weight is 592 g/mol. The maximum absolute atomic E-state index is 13.8. The number of methoxy groups -OCH3 is 1. The number of rotatable bonds is 8. The van der Waals surface area contributed by atoms with Crippen LogP contribution in [-0.2, 0) is 24.3 Å². The minimum absolute atomic E-state index is 0.0120. The van der Waals surface area contributed by atoms with Gasteiger partial charge in [-0.05, 0) is 86.0 Å². The SMILES string of the molecule is COc1ccc(S(=O)(=O)N(CC2CCCO2)C2CC(=O)N(c3ccc(-c4nc5ccc(C)cc5s4)cc3)C2=O)cc1. The summed E-state index contributed by atoms with van der Waals surface area (Å²) in [5.41, 5.74) is 3.33. The largest absolute Gasteiger partial charge is 0.497 e. The van der Waals surface area contributed by atoms with Crippen LogP contribution in [-0.4, -0.2) is 61.9 Å². The molecule has 0 saturated carbocycles. The molecule has 41 heavy (non-hydrogen) atoms. The van der Waals surface area contributed by atoms with E-state index in [1.165, 1.54) is 19.2 Å². The molecule has 9 nitrogen and oxygen atoms in total. The van der Waals surface area contributed by atoms with E-state index >= 15 is 0 Å². The maximum atomic E-state index is 13.8. The third kappa shape index (κ3) is 5.26. The molecule has 2 aliphatic heterocycles. The van der Waals surface area contributed by atoms with Crippen molar-refractivity contribution in [3.63, 3.8) is 0 Å². The molecular weight excluding hydrogens is 562 g/mol. The van der Waals surface area contributed by atoms with E-state index in [9.17, 15) is 18.0 Å². The zero-order chi connectivity index (χ0) is 28.7. The normalized spacial score (nSPS) is 19.5. The smallest absolute Gasteiger partial charge is 0.252 e. The average Bonchev–Trinajstić information content (AvgIpc) is 3.71. The Labute approximate surface area is 242 Å². The number of aryl methyl sites for hydroxylation is 1. The Hall–Kier alpha value is -3.64. The van der Waals surface area contributed by atoms with Crippen LogP contribution in [0.5, 0.6) is 5.75 Å². The standard InChI is InChI=1S/C30H29N3O6S2/c1-19-5-14-25-27(16-19)40-29(31-25)20-6-8-21(9-7-20)33-28(34)17-26(30(33)35)32(18-23-4-3-15-39-23)41(36,37)24-12-10-22(38-2)11-13-24/h5-14,16,23,26H,3-4,15,17-18H2,1-2H3. The molecule has 2 aliphatic rings. The number of ether oxygens (including phenoxy) is 2. The lowest BCUT2D eigenvalue weighted by Crippen LogP contribution is -2.48. The highest BCUT2D eigenvalue weighted by atomic mass is 32.2. The van der Waals surface area contributed by atoms with Crippen LogP contribution in [0, 0.1) is 6.92 Å². The van der Waals surface area contributed by atoms with Gasteiger partial charge in [-0.15, -0.1) is 11.3 Å². The Morgan fingerprint density at radius 3 is 2.51 bits per heavy atom. The van der Waals surface area contributed by atoms with Crippen molar-refractivity contribution in [2.24, 2.45) is 0 Å². The molecule has 0 N–H and O–H groups in total. The topological polar surface area (TPSA) is 106 Å². The van der Waals surface area contributed by atoms with Gasteiger partial charge < -0.3 is 9.47 Å². The summed E-state index contributed by atoms with van der Waals surface area (Å²) in [5.74, 6) is -0.517. The molecule has 2 amide bonds. The number of sulfonamides is 1. The fourth-order valence-corrected chi connectivity index (χ4v) is 7.97. The number of aromatic nitrogens is 1. The van der Waals surface area contributed by atoms with Gasteiger partial charge >= 0.3 is 0 Å². The summed E-state index contributed by atoms with van der Waals surface area (Å²) in [5, 5.41) is 0.836. The highest BCUT2D eigenvalue weighted by Crippen LogP contribution is 2.34. The van der Waals surface area contributed by atoms with Gasteiger partial charge in [-0.1, -0.05) is 6.07 Å². The summed E-state index contributed by atoms with van der Waals surface area (Å²) < 4.78 is 40.8. The molecule has 0 bridgehead atoms. The summed E-state index contributed by atoms with van der Waals surface area (Å²) in [6, 6.07) is 18.0. The van der Waals surface area contributed by atoms with Crippen LogP contribution in [0.15, 0.2) is 71.6 Å². The van der Waals surface area contributed by atoms with Crippen LogP contribution in [0.25, 0.3) is 20.8 Å². The molecule has 3 heterocycles. The predicted molar refractivity (Wildman–Crippen MR) is 157 cm³/mol. The van der Waals surface area contributed by atoms with Crippen molar-refractivity contribution < 1.29 is 27.5 Å². The van der Waals surface area contributed by atoms with Crippen LogP contribution in [0.4, 0.5) is 5.69 Å². The summed E-state index contributed by atoms with van der Waals surface area (Å²) in [4.78, 5) is 32.8. The Balaban J connectivity index is 1.28. The first kappa shape index (κ1) is 27.5. The van der Waals surface area contributed by atoms with E-state index in [0.29, 0.717) is 24.5 Å². The molecule has 2 saturated heterocycles. The number of nitrogens with zero attached hydrogens (tertiary/aromatic N) is 3. The molecule has 1 aromatic heterocycles. The highest BCUT2D eigenvalue weighted by molar-refractivity contribution is 7.89. The second-order valence-electron chi connectivity index (χ2n) is 10.2. The number of fused-ring (bicyclic) bond motifs is 1. The number of thiazole rings is 1. The van der Waals surface area contributed by atoms with Crippen molar-refractivity contribution in [1.82, 2.24) is 9.29 Å². The van der Waals surface area contributed by atoms with Crippen LogP contribution < -0.4 is 9.64 Å². The van der Waals surface area contributed by atoms with Gasteiger partial charge in [0.05, 0.1) is 40.4 Å². The molecule has 2 fully saturated rings. The van der Waals surface area contributed by atoms with E-state index in [0.717, 1.165) is 42.0 Å². The van der Waals surface area contributed by atoms with Gasteiger partial charge in [0, 0.05) is 18.7 Å². The molecule has 0 radical (unpaired) electrons. The number of hydrogen-bond acceptors (Lipinski definition) is 8. The molecule has 0 aliphatic carbocycles. The molecule has 6 rings (SSSR count). The second kappa shape index (κ2) is 11.0. The first-order valence-electron chi connectivity index (χ1n) is 13.4. The van der Waals surface area contributed by atoms with Gasteiger partial charge in [-0.2, -0.15) is 4.31 Å². The lowest BCUT2D eigenvalue weighted by molar-refractivity contribution is -0.122. The van der Waals surface area contributed by atoms with Crippen molar-refractivity contribution in [2.45, 2.75) is 43.2 Å². The minimum Gasteiger partial charge on any atom is -0.497 e. The Bertz CT molecular complexity index is 1710. The number of hydrogen-bond donors (Lipinski definition) is 0. The summed E-state index contributed by atoms with van der Waals surface area (Å²) >= 11 is 1.57. The fraction of sp³-hybridized carbons (Fsp3) is 0.300. The molecule has 0 spiro atoms. The summed E-state index contributed by atoms with van der Waals surface area (Å²) in [6.07, 6.45) is 0.891. The monoisotopic (exact) mass is 591 g/mol. The van der Waals surface area contributed by atoms with Gasteiger partial charge in [0.1, 0.15) is 16.8 Å². The molecule has 11 heteroatoms. The van der Waals surface area contributed by atoms with Gasteiger partial charge in [-0.25, -0.2) is 18.3 Å². The van der Waals surface area contributed by atoms with E-state index in [1.807, 2.05) is 31.2 Å². The van der Waals surface area contributed by atoms with Crippen molar-refractivity contribution >= 4 is 49.1 Å². The first-order valence-corrected chi connectivity index (χ1v) is 15.6. The van der Waals surface area contributed by atoms with Gasteiger partial charge in [0.15, 0.2) is 0 Å². The number of amides is 2. The quantitative estimate of drug-likeness (QED) is 0.272. The zero-order valence-corrected chi connectivity index (χ0v) is 24.3. The molecule has 2 unspecified atom stereocenters. The van der Waals surface area contributed by atoms with Gasteiger partial charge in [0.25, 0.3) is 5.91 Å². The van der Waals surface area contributed by atoms with E-state index in [-0.39, 0.29) is 24.0 Å². The van der Waals surface area contributed by atoms with Gasteiger partial charge in [-0.3, -0.25) is 9.59 Å². The van der Waals surface area contributed by atoms with E-state index in [1.54, 1.807) is 35.6 Å². The zero-order valence-electron chi connectivity index (χ0n) is 22.6. The molecule has 212 valence electrons. The van der Waals surface area contributed by atoms with E-state index < -0.39 is 27.9 Å². The first-order chi connectivity index (χ1) is 19.7. The predicted octanol–water partition coefficient (Wildman–Crippen LogP) is 4.78. The lowest BCUT2D eigenvalue weighted by Gasteiger charge is -2.29. The number of imide groups is 1. The minimum atomic E-state index is -4.13. The van der Waals surface area contributed by atoms with Crippen molar-refractivity contribution in [1.29, 1.82) is 0 Å². The number of benzene rings is 3. The summed E-state index contributed by atoms with van der Waals surface area (Å²) in [6.45, 7) is 2.56. The van der Waals surface area contributed by atoms with E-state index in [2.05, 4.69) is 6.07 Å². The van der Waals surface area contributed by atoms with Crippen molar-refractivity contribution in [2.75, 3.05) is 25.2 Å². The Morgan fingerprint density at radius 2 is 1.83 bits per heavy atom. The third-order valence-electron chi connectivity index (χ3n) is 7.46. The van der Waals surface area contributed by atoms with Crippen LogP contribution in [0.2, 0.25) is 0 Å². The number of carbonyl (C=O) groups is 2. The molecule has 4 aromatic rings. The van der Waals surface area contributed by atoms with Crippen molar-refractivity contribution in [3.8, 4) is 16.3 Å². The van der Waals surface area contributed by atoms with Crippen LogP contribution in [0.3, 0.4) is 0 Å². The molecular formula is C30H29N3O6S2. The fourth-order valence-electron chi connectivity index (χ4n) is 5.29. The van der Waals surface area contributed by atoms with Crippen LogP contribution in [0.1, 0.15) is 24.8 Å². The maximum Gasteiger partial charge on any atom is 0.252 e. The van der Waals surface area contributed by atoms with Crippen LogP contribution >= 0.6 is 11.3 Å². The lowest BCUT2D eigenvalue weighted by atomic mass is 10.2. The number of carbonyl (C=O) groups excluding carboxylic acids is 2. The van der Waals surface area contributed by atoms with Crippen molar-refractivity contribution in [3.05, 3.63) is 72.3 Å². The Kier molecular flexibility index (Phi) is 7.37. The Morgan fingerprint density at radius 1 is 1.07 bits per heavy atom. The third-order valence-corrected chi connectivity index (χ3v) is 10.4. The van der Waals surface area contributed by atoms with E-state index in [4.69, 9.17) is 14.5 Å². The van der Waals surface area contributed by atoms with Gasteiger partial charge in [0.2, 0.25) is 15.9 Å². The molecule has 2 atom stereocenters. The highest BCUT2D eigenvalue weighted by Gasteiger charge is 2.47. The number of anilines is 1. The molecule has 3 aromatic carbocycles. The summed E-state index contributed by atoms with van der Waals surface area (Å²) in [7, 11) is -2.63.